The molecule has 2 unspecified atom stereocenters. The third kappa shape index (κ3) is 3.07. The normalized spacial score (nSPS) is 34.5. The Morgan fingerprint density at radius 2 is 1.84 bits per heavy atom. The lowest BCUT2D eigenvalue weighted by Crippen LogP contribution is -2.52. The zero-order valence-electron chi connectivity index (χ0n) is 11.2. The number of aliphatic carboxylic acids is 1. The first-order valence-electron chi connectivity index (χ1n) is 6.40. The van der Waals surface area contributed by atoms with E-state index in [9.17, 15) is 13.2 Å². The molecule has 0 amide bonds. The van der Waals surface area contributed by atoms with Gasteiger partial charge in [-0.2, -0.15) is 17.0 Å². The van der Waals surface area contributed by atoms with Crippen LogP contribution in [0.15, 0.2) is 0 Å². The van der Waals surface area contributed by atoms with Gasteiger partial charge >= 0.3 is 5.97 Å². The number of carboxylic acids is 1. The summed E-state index contributed by atoms with van der Waals surface area (Å²) < 4.78 is 27.7. The molecule has 2 saturated heterocycles. The van der Waals surface area contributed by atoms with E-state index < -0.39 is 22.2 Å². The molecule has 0 aromatic rings. The lowest BCUT2D eigenvalue weighted by atomic mass is 9.94. The SMILES string of the molecule is CC1CC(C)CN(S(=O)(=O)N2CSC[C@H]2C(=O)O)C1. The molecule has 0 aromatic heterocycles. The molecule has 3 atom stereocenters. The molecule has 1 N–H and O–H groups in total. The Labute approximate surface area is 118 Å². The minimum Gasteiger partial charge on any atom is -0.480 e. The van der Waals surface area contributed by atoms with Gasteiger partial charge < -0.3 is 5.11 Å². The first kappa shape index (κ1) is 15.1. The van der Waals surface area contributed by atoms with Crippen molar-refractivity contribution in [3.63, 3.8) is 0 Å². The van der Waals surface area contributed by atoms with E-state index >= 15 is 0 Å². The molecule has 0 aliphatic carbocycles. The molecule has 0 aromatic carbocycles. The van der Waals surface area contributed by atoms with Gasteiger partial charge in [0.1, 0.15) is 6.04 Å². The standard InChI is InChI=1S/C11H20N2O4S2/c1-8-3-9(2)5-12(4-8)19(16,17)13-7-18-6-10(13)11(14)15/h8-10H,3-7H2,1-2H3,(H,14,15)/t8?,9?,10-/m0/s1. The molecular weight excluding hydrogens is 288 g/mol. The van der Waals surface area contributed by atoms with Crippen LogP contribution in [0, 0.1) is 11.8 Å². The Balaban J connectivity index is 2.19. The molecule has 0 spiro atoms. The van der Waals surface area contributed by atoms with Gasteiger partial charge in [-0.25, -0.2) is 0 Å². The Morgan fingerprint density at radius 1 is 1.26 bits per heavy atom. The van der Waals surface area contributed by atoms with Gasteiger partial charge in [-0.05, 0) is 18.3 Å². The Kier molecular flexibility index (Phi) is 4.44. The fourth-order valence-electron chi connectivity index (χ4n) is 2.79. The summed E-state index contributed by atoms with van der Waals surface area (Å²) in [7, 11) is -3.66. The maximum atomic E-state index is 12.6. The van der Waals surface area contributed by atoms with Crippen molar-refractivity contribution in [1.29, 1.82) is 0 Å². The average molecular weight is 308 g/mol. The summed E-state index contributed by atoms with van der Waals surface area (Å²) >= 11 is 1.35. The second-order valence-electron chi connectivity index (χ2n) is 5.51. The van der Waals surface area contributed by atoms with Crippen molar-refractivity contribution in [3.05, 3.63) is 0 Å². The van der Waals surface area contributed by atoms with Crippen molar-refractivity contribution < 1.29 is 18.3 Å². The highest BCUT2D eigenvalue weighted by atomic mass is 32.2. The van der Waals surface area contributed by atoms with Gasteiger partial charge in [-0.15, -0.1) is 11.8 Å². The maximum absolute atomic E-state index is 12.6. The Hall–Kier alpha value is -0.310. The van der Waals surface area contributed by atoms with E-state index in [1.165, 1.54) is 16.1 Å². The molecule has 8 heteroatoms. The van der Waals surface area contributed by atoms with Crippen LogP contribution >= 0.6 is 11.8 Å². The topological polar surface area (TPSA) is 77.9 Å². The van der Waals surface area contributed by atoms with Gasteiger partial charge in [0.05, 0.1) is 5.88 Å². The minimum atomic E-state index is -3.66. The van der Waals surface area contributed by atoms with Crippen molar-refractivity contribution in [3.8, 4) is 0 Å². The number of carbonyl (C=O) groups is 1. The summed E-state index contributed by atoms with van der Waals surface area (Å²) in [4.78, 5) is 11.1. The van der Waals surface area contributed by atoms with E-state index in [4.69, 9.17) is 5.11 Å². The summed E-state index contributed by atoms with van der Waals surface area (Å²) in [5.74, 6) is 0.132. The number of thioether (sulfide) groups is 1. The van der Waals surface area contributed by atoms with Crippen LogP contribution in [0.4, 0.5) is 0 Å². The molecule has 0 saturated carbocycles. The van der Waals surface area contributed by atoms with Gasteiger partial charge in [-0.3, -0.25) is 4.79 Å². The van der Waals surface area contributed by atoms with Crippen LogP contribution in [0.2, 0.25) is 0 Å². The third-order valence-electron chi connectivity index (χ3n) is 3.58. The van der Waals surface area contributed by atoms with Crippen LogP contribution in [0.1, 0.15) is 20.3 Å². The van der Waals surface area contributed by atoms with Crippen LogP contribution in [-0.2, 0) is 15.0 Å². The van der Waals surface area contributed by atoms with Crippen LogP contribution in [-0.4, -0.2) is 58.9 Å². The monoisotopic (exact) mass is 308 g/mol. The summed E-state index contributed by atoms with van der Waals surface area (Å²) in [5, 5.41) is 9.11. The maximum Gasteiger partial charge on any atom is 0.322 e. The van der Waals surface area contributed by atoms with E-state index in [2.05, 4.69) is 0 Å². The van der Waals surface area contributed by atoms with E-state index in [1.807, 2.05) is 13.8 Å². The number of carboxylic acid groups (broad SMARTS) is 1. The number of nitrogens with zero attached hydrogens (tertiary/aromatic N) is 2. The number of piperidine rings is 1. The minimum absolute atomic E-state index is 0.235. The quantitative estimate of drug-likeness (QED) is 0.829. The summed E-state index contributed by atoms with van der Waals surface area (Å²) in [6, 6.07) is -0.928. The van der Waals surface area contributed by atoms with Crippen molar-refractivity contribution in [2.75, 3.05) is 24.7 Å². The van der Waals surface area contributed by atoms with Gasteiger partial charge in [-0.1, -0.05) is 13.8 Å². The molecule has 2 aliphatic heterocycles. The van der Waals surface area contributed by atoms with Crippen LogP contribution in [0.25, 0.3) is 0 Å². The lowest BCUT2D eigenvalue weighted by molar-refractivity contribution is -0.140. The van der Waals surface area contributed by atoms with Gasteiger partial charge in [0.2, 0.25) is 0 Å². The Morgan fingerprint density at radius 3 is 2.37 bits per heavy atom. The molecule has 110 valence electrons. The fraction of sp³-hybridized carbons (Fsp3) is 0.909. The lowest BCUT2D eigenvalue weighted by Gasteiger charge is -2.36. The van der Waals surface area contributed by atoms with Crippen LogP contribution < -0.4 is 0 Å². The third-order valence-corrected chi connectivity index (χ3v) is 6.69. The summed E-state index contributed by atoms with van der Waals surface area (Å²) in [6.45, 7) is 5.04. The van der Waals surface area contributed by atoms with Crippen molar-refractivity contribution in [2.45, 2.75) is 26.3 Å². The number of hydrogen-bond donors (Lipinski definition) is 1. The summed E-state index contributed by atoms with van der Waals surface area (Å²) in [5.41, 5.74) is 0. The van der Waals surface area contributed by atoms with Crippen molar-refractivity contribution in [1.82, 2.24) is 8.61 Å². The second-order valence-corrected chi connectivity index (χ2v) is 8.39. The summed E-state index contributed by atoms with van der Waals surface area (Å²) in [6.07, 6.45) is 1.02. The zero-order valence-corrected chi connectivity index (χ0v) is 12.8. The predicted octanol–water partition coefficient (Wildman–Crippen LogP) is 0.669. The van der Waals surface area contributed by atoms with Crippen LogP contribution in [0.5, 0.6) is 0 Å². The molecular formula is C11H20N2O4S2. The van der Waals surface area contributed by atoms with Crippen LogP contribution in [0.3, 0.4) is 0 Å². The fourth-order valence-corrected chi connectivity index (χ4v) is 6.32. The molecule has 0 bridgehead atoms. The molecule has 6 nitrogen and oxygen atoms in total. The average Bonchev–Trinajstić information content (AvgIpc) is 2.76. The molecule has 19 heavy (non-hydrogen) atoms. The second kappa shape index (κ2) is 5.59. The first-order valence-corrected chi connectivity index (χ1v) is 8.95. The predicted molar refractivity (Wildman–Crippen MR) is 74.0 cm³/mol. The molecule has 2 aliphatic rings. The van der Waals surface area contributed by atoms with Crippen molar-refractivity contribution in [2.24, 2.45) is 11.8 Å². The zero-order chi connectivity index (χ0) is 14.2. The van der Waals surface area contributed by atoms with E-state index in [-0.39, 0.29) is 5.88 Å². The highest BCUT2D eigenvalue weighted by Crippen LogP contribution is 2.30. The number of rotatable bonds is 3. The first-order chi connectivity index (χ1) is 8.82. The van der Waals surface area contributed by atoms with E-state index in [0.717, 1.165) is 10.7 Å². The van der Waals surface area contributed by atoms with Gasteiger partial charge in [0, 0.05) is 18.8 Å². The van der Waals surface area contributed by atoms with Crippen molar-refractivity contribution >= 4 is 27.9 Å². The van der Waals surface area contributed by atoms with E-state index in [0.29, 0.717) is 30.7 Å². The molecule has 2 fully saturated rings. The van der Waals surface area contributed by atoms with Gasteiger partial charge in [0.25, 0.3) is 10.2 Å². The largest absolute Gasteiger partial charge is 0.480 e. The number of hydrogen-bond acceptors (Lipinski definition) is 4. The highest BCUT2D eigenvalue weighted by Gasteiger charge is 2.43. The molecule has 0 radical (unpaired) electrons. The van der Waals surface area contributed by atoms with E-state index in [1.54, 1.807) is 0 Å². The molecule has 2 rings (SSSR count). The highest BCUT2D eigenvalue weighted by molar-refractivity contribution is 8.00. The Bertz CT molecular complexity index is 444. The smallest absolute Gasteiger partial charge is 0.322 e. The van der Waals surface area contributed by atoms with Gasteiger partial charge in [0.15, 0.2) is 0 Å². The molecule has 2 heterocycles.